The predicted molar refractivity (Wildman–Crippen MR) is 125 cm³/mol. The van der Waals surface area contributed by atoms with E-state index < -0.39 is 9.84 Å². The maximum atomic E-state index is 11.9. The SMILES string of the molecule is NCc1c(C2CCS(=O)(=O)CC2)nc2c(-c3ccc(-c4ccccc4)nc3)cnn2c1N. The molecule has 4 aromatic rings. The van der Waals surface area contributed by atoms with Gasteiger partial charge in [-0.15, -0.1) is 0 Å². The lowest BCUT2D eigenvalue weighted by Crippen LogP contribution is -2.25. The van der Waals surface area contributed by atoms with E-state index in [-0.39, 0.29) is 24.0 Å². The van der Waals surface area contributed by atoms with E-state index in [1.54, 1.807) is 16.9 Å². The Bertz CT molecular complexity index is 1370. The number of benzene rings is 1. The quantitative estimate of drug-likeness (QED) is 0.491. The molecule has 0 saturated carbocycles. The number of fused-ring (bicyclic) bond motifs is 1. The molecule has 0 bridgehead atoms. The summed E-state index contributed by atoms with van der Waals surface area (Å²) in [5.74, 6) is 0.767. The van der Waals surface area contributed by atoms with Crippen molar-refractivity contribution in [3.63, 3.8) is 0 Å². The first-order chi connectivity index (χ1) is 15.5. The van der Waals surface area contributed by atoms with E-state index in [1.807, 2.05) is 42.5 Å². The number of pyridine rings is 1. The first-order valence-corrected chi connectivity index (χ1v) is 12.4. The van der Waals surface area contributed by atoms with Gasteiger partial charge in [0.2, 0.25) is 0 Å². The topological polar surface area (TPSA) is 129 Å². The molecule has 5 rings (SSSR count). The molecule has 0 amide bonds. The largest absolute Gasteiger partial charge is 0.383 e. The molecule has 3 aromatic heterocycles. The highest BCUT2D eigenvalue weighted by molar-refractivity contribution is 7.91. The Morgan fingerprint density at radius 1 is 1.00 bits per heavy atom. The third kappa shape index (κ3) is 3.63. The third-order valence-electron chi connectivity index (χ3n) is 6.11. The lowest BCUT2D eigenvalue weighted by molar-refractivity contribution is 0.542. The second-order valence-corrected chi connectivity index (χ2v) is 10.4. The van der Waals surface area contributed by atoms with E-state index in [4.69, 9.17) is 16.5 Å². The molecule has 8 nitrogen and oxygen atoms in total. The maximum Gasteiger partial charge on any atom is 0.165 e. The molecule has 1 fully saturated rings. The molecule has 1 aromatic carbocycles. The van der Waals surface area contributed by atoms with Crippen molar-refractivity contribution in [2.45, 2.75) is 25.3 Å². The molecule has 0 unspecified atom stereocenters. The van der Waals surface area contributed by atoms with Gasteiger partial charge in [0.1, 0.15) is 15.7 Å². The van der Waals surface area contributed by atoms with Gasteiger partial charge < -0.3 is 11.5 Å². The average Bonchev–Trinajstić information content (AvgIpc) is 3.24. The van der Waals surface area contributed by atoms with Gasteiger partial charge in [0.25, 0.3) is 0 Å². The summed E-state index contributed by atoms with van der Waals surface area (Å²) in [5.41, 5.74) is 18.2. The van der Waals surface area contributed by atoms with Gasteiger partial charge in [0.05, 0.1) is 29.1 Å². The summed E-state index contributed by atoms with van der Waals surface area (Å²) in [6.07, 6.45) is 4.58. The van der Waals surface area contributed by atoms with Crippen molar-refractivity contribution in [1.29, 1.82) is 0 Å². The number of nitrogens with two attached hydrogens (primary N) is 2. The lowest BCUT2D eigenvalue weighted by Gasteiger charge is -2.24. The number of hydrogen-bond donors (Lipinski definition) is 2. The second-order valence-electron chi connectivity index (χ2n) is 8.08. The number of hydrogen-bond acceptors (Lipinski definition) is 7. The van der Waals surface area contributed by atoms with Crippen molar-refractivity contribution >= 4 is 21.3 Å². The van der Waals surface area contributed by atoms with Crippen LogP contribution < -0.4 is 11.5 Å². The highest BCUT2D eigenvalue weighted by atomic mass is 32.2. The van der Waals surface area contributed by atoms with Crippen LogP contribution in [0.2, 0.25) is 0 Å². The average molecular weight is 449 g/mol. The smallest absolute Gasteiger partial charge is 0.165 e. The van der Waals surface area contributed by atoms with Gasteiger partial charge in [-0.3, -0.25) is 4.98 Å². The van der Waals surface area contributed by atoms with Gasteiger partial charge >= 0.3 is 0 Å². The third-order valence-corrected chi connectivity index (χ3v) is 7.82. The van der Waals surface area contributed by atoms with Gasteiger partial charge in [-0.1, -0.05) is 36.4 Å². The van der Waals surface area contributed by atoms with Gasteiger partial charge in [0, 0.05) is 40.9 Å². The van der Waals surface area contributed by atoms with Crippen molar-refractivity contribution in [2.75, 3.05) is 17.2 Å². The van der Waals surface area contributed by atoms with E-state index in [1.165, 1.54) is 0 Å². The Morgan fingerprint density at radius 2 is 1.75 bits per heavy atom. The van der Waals surface area contributed by atoms with E-state index in [2.05, 4.69) is 10.1 Å². The summed E-state index contributed by atoms with van der Waals surface area (Å²) in [7, 11) is -2.98. The molecule has 0 spiro atoms. The van der Waals surface area contributed by atoms with Crippen LogP contribution in [0, 0.1) is 0 Å². The van der Waals surface area contributed by atoms with Gasteiger partial charge in [-0.25, -0.2) is 13.4 Å². The molecule has 1 aliphatic rings. The number of rotatable bonds is 4. The molecular weight excluding hydrogens is 424 g/mol. The molecule has 4 heterocycles. The van der Waals surface area contributed by atoms with Crippen LogP contribution >= 0.6 is 0 Å². The fraction of sp³-hybridized carbons (Fsp3) is 0.261. The van der Waals surface area contributed by atoms with Crippen LogP contribution in [0.4, 0.5) is 5.82 Å². The fourth-order valence-corrected chi connectivity index (χ4v) is 5.80. The maximum absolute atomic E-state index is 11.9. The summed E-state index contributed by atoms with van der Waals surface area (Å²) >= 11 is 0. The minimum Gasteiger partial charge on any atom is -0.383 e. The zero-order valence-corrected chi connectivity index (χ0v) is 18.3. The number of nitrogen functional groups attached to an aromatic ring is 1. The monoisotopic (exact) mass is 448 g/mol. The normalized spacial score (nSPS) is 16.4. The zero-order chi connectivity index (χ0) is 22.3. The highest BCUT2D eigenvalue weighted by Gasteiger charge is 2.29. The molecular formula is C23H24N6O2S. The van der Waals surface area contributed by atoms with Gasteiger partial charge in [-0.2, -0.15) is 9.61 Å². The van der Waals surface area contributed by atoms with Gasteiger partial charge in [0.15, 0.2) is 5.65 Å². The van der Waals surface area contributed by atoms with Gasteiger partial charge in [-0.05, 0) is 18.9 Å². The Morgan fingerprint density at radius 3 is 2.41 bits per heavy atom. The molecule has 32 heavy (non-hydrogen) atoms. The first-order valence-electron chi connectivity index (χ1n) is 10.5. The van der Waals surface area contributed by atoms with Crippen molar-refractivity contribution in [2.24, 2.45) is 5.73 Å². The second kappa shape index (κ2) is 7.99. The van der Waals surface area contributed by atoms with Crippen LogP contribution in [-0.4, -0.2) is 39.5 Å². The van der Waals surface area contributed by atoms with E-state index in [0.29, 0.717) is 24.3 Å². The van der Waals surface area contributed by atoms with Crippen LogP contribution in [0.5, 0.6) is 0 Å². The van der Waals surface area contributed by atoms with Crippen LogP contribution in [0.1, 0.15) is 30.0 Å². The number of sulfone groups is 1. The minimum absolute atomic E-state index is 0.00528. The number of anilines is 1. The Labute approximate surface area is 186 Å². The summed E-state index contributed by atoms with van der Waals surface area (Å²) in [6, 6.07) is 13.9. The molecule has 1 aliphatic heterocycles. The number of aromatic nitrogens is 4. The van der Waals surface area contributed by atoms with Crippen LogP contribution in [0.3, 0.4) is 0 Å². The van der Waals surface area contributed by atoms with E-state index in [0.717, 1.165) is 33.6 Å². The standard InChI is InChI=1S/C23H24N6O2S/c24-12-18-21(16-8-10-32(30,31)11-9-16)28-23-19(14-27-29(23)22(18)25)17-6-7-20(26-13-17)15-4-2-1-3-5-15/h1-7,13-14,16H,8-12,24-25H2. The lowest BCUT2D eigenvalue weighted by atomic mass is 9.94. The van der Waals surface area contributed by atoms with E-state index >= 15 is 0 Å². The summed E-state index contributed by atoms with van der Waals surface area (Å²) < 4.78 is 25.4. The van der Waals surface area contributed by atoms with Crippen molar-refractivity contribution < 1.29 is 8.42 Å². The molecule has 0 radical (unpaired) electrons. The highest BCUT2D eigenvalue weighted by Crippen LogP contribution is 2.35. The Hall–Kier alpha value is -3.30. The molecule has 9 heteroatoms. The molecule has 4 N–H and O–H groups in total. The van der Waals surface area contributed by atoms with Crippen LogP contribution in [0.25, 0.3) is 28.0 Å². The predicted octanol–water partition coefficient (Wildman–Crippen LogP) is 2.79. The van der Waals surface area contributed by atoms with E-state index in [9.17, 15) is 8.42 Å². The van der Waals surface area contributed by atoms with Crippen LogP contribution in [-0.2, 0) is 16.4 Å². The summed E-state index contributed by atoms with van der Waals surface area (Å²) in [4.78, 5) is 9.53. The summed E-state index contributed by atoms with van der Waals surface area (Å²) in [6.45, 7) is 0.218. The van der Waals surface area contributed by atoms with Crippen molar-refractivity contribution in [3.05, 3.63) is 66.1 Å². The molecule has 164 valence electrons. The molecule has 1 saturated heterocycles. The molecule has 0 atom stereocenters. The Kier molecular flexibility index (Phi) is 5.15. The fourth-order valence-electron chi connectivity index (χ4n) is 4.31. The van der Waals surface area contributed by atoms with Crippen molar-refractivity contribution in [3.8, 4) is 22.4 Å². The van der Waals surface area contributed by atoms with Crippen molar-refractivity contribution in [1.82, 2.24) is 19.6 Å². The molecule has 0 aliphatic carbocycles. The zero-order valence-electron chi connectivity index (χ0n) is 17.5. The van der Waals surface area contributed by atoms with Crippen LogP contribution in [0.15, 0.2) is 54.9 Å². The number of nitrogens with zero attached hydrogens (tertiary/aromatic N) is 4. The summed E-state index contributed by atoms with van der Waals surface area (Å²) in [5, 5.41) is 4.44. The minimum atomic E-state index is -2.98. The first kappa shape index (κ1) is 20.6. The Balaban J connectivity index is 1.57.